The van der Waals surface area contributed by atoms with Gasteiger partial charge in [-0.05, 0) is 12.8 Å². The van der Waals surface area contributed by atoms with Crippen LogP contribution in [0.3, 0.4) is 0 Å². The van der Waals surface area contributed by atoms with Gasteiger partial charge in [0.15, 0.2) is 0 Å². The van der Waals surface area contributed by atoms with Crippen LogP contribution in [-0.2, 0) is 0 Å². The van der Waals surface area contributed by atoms with E-state index in [-0.39, 0.29) is 0 Å². The molecule has 0 radical (unpaired) electrons. The van der Waals surface area contributed by atoms with E-state index in [1.165, 1.54) is 12.8 Å². The summed E-state index contributed by atoms with van der Waals surface area (Å²) in [6, 6.07) is 0. The molecule has 4 nitrogen and oxygen atoms in total. The van der Waals surface area contributed by atoms with Gasteiger partial charge in [-0.1, -0.05) is 13.8 Å². The molecule has 0 aromatic heterocycles. The van der Waals surface area contributed by atoms with Gasteiger partial charge in [0.05, 0.1) is 0 Å². The van der Waals surface area contributed by atoms with Crippen molar-refractivity contribution in [2.45, 2.75) is 26.7 Å². The Labute approximate surface area is 87.6 Å². The van der Waals surface area contributed by atoms with Gasteiger partial charge in [-0.3, -0.25) is 10.9 Å². The quantitative estimate of drug-likeness (QED) is 0.651. The standard InChI is InChI=1S/C10H24N4/c1-3-5-11-13-7-9-14(10-8-13)12-6-4-2/h11-12H,3-10H2,1-2H3. The third-order valence-electron chi connectivity index (χ3n) is 2.45. The number of rotatable bonds is 6. The van der Waals surface area contributed by atoms with Crippen molar-refractivity contribution in [3.05, 3.63) is 0 Å². The third kappa shape index (κ3) is 4.37. The summed E-state index contributed by atoms with van der Waals surface area (Å²) in [6.07, 6.45) is 2.41. The van der Waals surface area contributed by atoms with E-state index in [0.29, 0.717) is 0 Å². The highest BCUT2D eigenvalue weighted by Crippen LogP contribution is 1.95. The second kappa shape index (κ2) is 7.17. The first-order chi connectivity index (χ1) is 6.86. The largest absolute Gasteiger partial charge is 0.255 e. The van der Waals surface area contributed by atoms with E-state index in [2.05, 4.69) is 34.7 Å². The van der Waals surface area contributed by atoms with Crippen molar-refractivity contribution in [2.75, 3.05) is 39.3 Å². The van der Waals surface area contributed by atoms with Crippen molar-refractivity contribution in [3.63, 3.8) is 0 Å². The van der Waals surface area contributed by atoms with E-state index in [0.717, 1.165) is 39.3 Å². The van der Waals surface area contributed by atoms with Gasteiger partial charge >= 0.3 is 0 Å². The molecule has 84 valence electrons. The zero-order chi connectivity index (χ0) is 10.2. The van der Waals surface area contributed by atoms with E-state index in [1.54, 1.807) is 0 Å². The smallest absolute Gasteiger partial charge is 0.0273 e. The fraction of sp³-hybridized carbons (Fsp3) is 1.00. The second-order valence-electron chi connectivity index (χ2n) is 3.79. The van der Waals surface area contributed by atoms with Crippen LogP contribution in [-0.4, -0.2) is 49.3 Å². The van der Waals surface area contributed by atoms with Gasteiger partial charge in [0.1, 0.15) is 0 Å². The van der Waals surface area contributed by atoms with Gasteiger partial charge < -0.3 is 0 Å². The van der Waals surface area contributed by atoms with Crippen LogP contribution in [0, 0.1) is 0 Å². The summed E-state index contributed by atoms with van der Waals surface area (Å²) in [6.45, 7) is 11.1. The molecule has 1 aliphatic heterocycles. The second-order valence-corrected chi connectivity index (χ2v) is 3.79. The predicted molar refractivity (Wildman–Crippen MR) is 59.7 cm³/mol. The molecule has 0 saturated carbocycles. The predicted octanol–water partition coefficient (Wildman–Crippen LogP) is 0.433. The summed E-state index contributed by atoms with van der Waals surface area (Å²) in [7, 11) is 0. The number of hydrogen-bond donors (Lipinski definition) is 2. The Hall–Kier alpha value is -0.160. The first kappa shape index (κ1) is 11.9. The minimum absolute atomic E-state index is 1.10. The van der Waals surface area contributed by atoms with Crippen LogP contribution in [0.5, 0.6) is 0 Å². The van der Waals surface area contributed by atoms with Gasteiger partial charge in [0.25, 0.3) is 0 Å². The SMILES string of the molecule is CCCNN1CCN(NCCC)CC1. The maximum atomic E-state index is 3.43. The van der Waals surface area contributed by atoms with Gasteiger partial charge in [-0.25, -0.2) is 10.0 Å². The minimum atomic E-state index is 1.10. The third-order valence-corrected chi connectivity index (χ3v) is 2.45. The molecule has 0 aliphatic carbocycles. The van der Waals surface area contributed by atoms with Crippen LogP contribution in [0.15, 0.2) is 0 Å². The van der Waals surface area contributed by atoms with Crippen LogP contribution in [0.1, 0.15) is 26.7 Å². The van der Waals surface area contributed by atoms with E-state index < -0.39 is 0 Å². The molecule has 1 fully saturated rings. The summed E-state index contributed by atoms with van der Waals surface area (Å²) in [5.41, 5.74) is 6.85. The normalized spacial score (nSPS) is 20.1. The molecule has 1 heterocycles. The lowest BCUT2D eigenvalue weighted by atomic mass is 10.4. The topological polar surface area (TPSA) is 30.5 Å². The Bertz CT molecular complexity index is 116. The zero-order valence-electron chi connectivity index (χ0n) is 9.55. The highest BCUT2D eigenvalue weighted by molar-refractivity contribution is 4.66. The molecule has 1 aliphatic rings. The van der Waals surface area contributed by atoms with Crippen LogP contribution in [0.4, 0.5) is 0 Å². The fourth-order valence-electron chi connectivity index (χ4n) is 1.56. The molecule has 0 unspecified atom stereocenters. The van der Waals surface area contributed by atoms with Crippen LogP contribution >= 0.6 is 0 Å². The Morgan fingerprint density at radius 1 is 0.786 bits per heavy atom. The first-order valence-corrected chi connectivity index (χ1v) is 5.83. The maximum absolute atomic E-state index is 3.43. The van der Waals surface area contributed by atoms with Crippen molar-refractivity contribution in [1.82, 2.24) is 20.9 Å². The molecular formula is C10H24N4. The van der Waals surface area contributed by atoms with E-state index in [9.17, 15) is 0 Å². The Morgan fingerprint density at radius 2 is 1.14 bits per heavy atom. The number of nitrogens with zero attached hydrogens (tertiary/aromatic N) is 2. The first-order valence-electron chi connectivity index (χ1n) is 5.83. The zero-order valence-corrected chi connectivity index (χ0v) is 9.55. The monoisotopic (exact) mass is 200 g/mol. The molecule has 4 heteroatoms. The lowest BCUT2D eigenvalue weighted by Gasteiger charge is -2.35. The van der Waals surface area contributed by atoms with Gasteiger partial charge in [0, 0.05) is 39.3 Å². The highest BCUT2D eigenvalue weighted by Gasteiger charge is 2.14. The highest BCUT2D eigenvalue weighted by atomic mass is 15.6. The summed E-state index contributed by atoms with van der Waals surface area (Å²) >= 11 is 0. The maximum Gasteiger partial charge on any atom is 0.0273 e. The number of hydrazine groups is 2. The molecule has 0 bridgehead atoms. The molecule has 0 aromatic carbocycles. The van der Waals surface area contributed by atoms with Crippen LogP contribution in [0.25, 0.3) is 0 Å². The van der Waals surface area contributed by atoms with Gasteiger partial charge in [-0.15, -0.1) is 0 Å². The Kier molecular flexibility index (Phi) is 6.10. The van der Waals surface area contributed by atoms with Crippen molar-refractivity contribution < 1.29 is 0 Å². The average molecular weight is 200 g/mol. The Balaban J connectivity index is 2.05. The molecule has 0 atom stereocenters. The minimum Gasteiger partial charge on any atom is -0.255 e. The molecule has 1 saturated heterocycles. The summed E-state index contributed by atoms with van der Waals surface area (Å²) in [5, 5.41) is 4.65. The van der Waals surface area contributed by atoms with Crippen LogP contribution in [0.2, 0.25) is 0 Å². The van der Waals surface area contributed by atoms with Gasteiger partial charge in [0.2, 0.25) is 0 Å². The molecular weight excluding hydrogens is 176 g/mol. The lowest BCUT2D eigenvalue weighted by Crippen LogP contribution is -2.55. The molecule has 2 N–H and O–H groups in total. The number of hydrogen-bond acceptors (Lipinski definition) is 4. The summed E-state index contributed by atoms with van der Waals surface area (Å²) < 4.78 is 0. The van der Waals surface area contributed by atoms with Crippen molar-refractivity contribution in [2.24, 2.45) is 0 Å². The molecule has 14 heavy (non-hydrogen) atoms. The molecule has 0 spiro atoms. The summed E-state index contributed by atoms with van der Waals surface area (Å²) in [4.78, 5) is 0. The van der Waals surface area contributed by atoms with E-state index in [1.807, 2.05) is 0 Å². The van der Waals surface area contributed by atoms with Crippen LogP contribution < -0.4 is 10.9 Å². The summed E-state index contributed by atoms with van der Waals surface area (Å²) in [5.74, 6) is 0. The number of piperazine rings is 1. The van der Waals surface area contributed by atoms with E-state index >= 15 is 0 Å². The fourth-order valence-corrected chi connectivity index (χ4v) is 1.56. The van der Waals surface area contributed by atoms with Crippen molar-refractivity contribution in [1.29, 1.82) is 0 Å². The van der Waals surface area contributed by atoms with Crippen molar-refractivity contribution >= 4 is 0 Å². The molecule has 0 aromatic rings. The van der Waals surface area contributed by atoms with Gasteiger partial charge in [-0.2, -0.15) is 0 Å². The molecule has 0 amide bonds. The Morgan fingerprint density at radius 3 is 1.43 bits per heavy atom. The molecule has 1 rings (SSSR count). The lowest BCUT2D eigenvalue weighted by molar-refractivity contribution is 0.0588. The van der Waals surface area contributed by atoms with E-state index in [4.69, 9.17) is 0 Å². The van der Waals surface area contributed by atoms with Crippen molar-refractivity contribution in [3.8, 4) is 0 Å². The average Bonchev–Trinajstić information content (AvgIpc) is 2.25. The number of nitrogens with one attached hydrogen (secondary N) is 2.